The second kappa shape index (κ2) is 12.2. The molecule has 0 bridgehead atoms. The molecule has 1 aliphatic heterocycles. The number of morpholine rings is 1. The van der Waals surface area contributed by atoms with E-state index in [1.54, 1.807) is 0 Å². The Balaban J connectivity index is 0.000000493. The molecule has 1 fully saturated rings. The number of rotatable bonds is 7. The summed E-state index contributed by atoms with van der Waals surface area (Å²) in [4.78, 5) is 20.5. The van der Waals surface area contributed by atoms with Gasteiger partial charge >= 0.3 is 11.9 Å². The summed E-state index contributed by atoms with van der Waals surface area (Å²) in [6, 6.07) is -1.85. The van der Waals surface area contributed by atoms with E-state index in [0.29, 0.717) is 0 Å². The van der Waals surface area contributed by atoms with Crippen LogP contribution in [0.5, 0.6) is 0 Å². The average molecular weight is 327 g/mol. The molecule has 118 valence electrons. The molecule has 1 heterocycles. The largest absolute Gasteiger partial charge is 0.480 e. The summed E-state index contributed by atoms with van der Waals surface area (Å²) in [6.45, 7) is 3.83. The molecule has 0 aromatic carbocycles. The molecule has 8 nitrogen and oxygen atoms in total. The fourth-order valence-electron chi connectivity index (χ4n) is 0.901. The minimum Gasteiger partial charge on any atom is -0.480 e. The van der Waals surface area contributed by atoms with Crippen molar-refractivity contribution in [2.45, 2.75) is 12.1 Å². The average Bonchev–Trinajstić information content (AvgIpc) is 2.45. The highest BCUT2D eigenvalue weighted by Crippen LogP contribution is 2.22. The van der Waals surface area contributed by atoms with Crippen molar-refractivity contribution in [3.8, 4) is 0 Å². The summed E-state index contributed by atoms with van der Waals surface area (Å²) in [7, 11) is 2.41. The highest BCUT2D eigenvalue weighted by atomic mass is 33.1. The van der Waals surface area contributed by atoms with Crippen molar-refractivity contribution in [3.05, 3.63) is 0 Å². The van der Waals surface area contributed by atoms with Crippen LogP contribution in [0.1, 0.15) is 0 Å². The number of nitrogens with two attached hydrogens (primary N) is 2. The molecule has 1 saturated heterocycles. The predicted molar refractivity (Wildman–Crippen MR) is 79.8 cm³/mol. The highest BCUT2D eigenvalue weighted by Gasteiger charge is 2.14. The first-order valence-corrected chi connectivity index (χ1v) is 8.43. The molecule has 7 N–H and O–H groups in total. The molecule has 0 aromatic heterocycles. The quantitative estimate of drug-likeness (QED) is 0.285. The van der Waals surface area contributed by atoms with E-state index in [1.165, 1.54) is 21.6 Å². The van der Waals surface area contributed by atoms with Crippen LogP contribution in [-0.4, -0.2) is 72.0 Å². The maximum absolute atomic E-state index is 10.3. The van der Waals surface area contributed by atoms with Crippen molar-refractivity contribution in [3.63, 3.8) is 0 Å². The Morgan fingerprint density at radius 1 is 1.05 bits per heavy atom. The van der Waals surface area contributed by atoms with Gasteiger partial charge in [-0.15, -0.1) is 0 Å². The first-order valence-electron chi connectivity index (χ1n) is 5.94. The van der Waals surface area contributed by atoms with Crippen molar-refractivity contribution in [1.29, 1.82) is 0 Å². The zero-order chi connectivity index (χ0) is 15.4. The van der Waals surface area contributed by atoms with Crippen LogP contribution in [-0.2, 0) is 14.3 Å². The van der Waals surface area contributed by atoms with E-state index < -0.39 is 24.0 Å². The van der Waals surface area contributed by atoms with Gasteiger partial charge in [0.1, 0.15) is 12.1 Å². The molecular weight excluding hydrogens is 306 g/mol. The van der Waals surface area contributed by atoms with Crippen molar-refractivity contribution in [2.75, 3.05) is 37.8 Å². The lowest BCUT2D eigenvalue weighted by atomic mass is 10.4. The second-order valence-electron chi connectivity index (χ2n) is 3.82. The molecule has 0 saturated carbocycles. The zero-order valence-electron chi connectivity index (χ0n) is 11.0. The van der Waals surface area contributed by atoms with E-state index in [9.17, 15) is 9.59 Å². The zero-order valence-corrected chi connectivity index (χ0v) is 12.6. The van der Waals surface area contributed by atoms with Crippen molar-refractivity contribution in [1.82, 2.24) is 5.32 Å². The van der Waals surface area contributed by atoms with E-state index in [-0.39, 0.29) is 11.5 Å². The monoisotopic (exact) mass is 327 g/mol. The van der Waals surface area contributed by atoms with Gasteiger partial charge in [0.15, 0.2) is 0 Å². The molecule has 0 unspecified atom stereocenters. The lowest BCUT2D eigenvalue weighted by molar-refractivity contribution is -0.138. The Morgan fingerprint density at radius 3 is 1.65 bits per heavy atom. The Bertz CT molecular complexity index is 259. The Kier molecular flexibility index (Phi) is 11.9. The standard InChI is InChI=1S/C6H12N2O4S2.C4H9NO/c7-3(5(9)10)1-13-14-2-4(8)6(11)12;1-3-6-4-2-5-1/h3-4H,1-2,7-8H2,(H,9,10)(H,11,12);5H,1-4H2/t3-,4-;/m0./s1. The van der Waals surface area contributed by atoms with E-state index in [0.717, 1.165) is 26.3 Å². The molecule has 2 atom stereocenters. The van der Waals surface area contributed by atoms with E-state index >= 15 is 0 Å². The lowest BCUT2D eigenvalue weighted by Crippen LogP contribution is -2.33. The summed E-state index contributed by atoms with van der Waals surface area (Å²) >= 11 is 0. The molecule has 1 aliphatic rings. The first-order chi connectivity index (χ1) is 9.45. The Labute approximate surface area is 125 Å². The number of carboxylic acid groups (broad SMARTS) is 2. The van der Waals surface area contributed by atoms with Crippen LogP contribution in [0.2, 0.25) is 0 Å². The molecule has 10 heteroatoms. The van der Waals surface area contributed by atoms with Gasteiger partial charge in [-0.3, -0.25) is 9.59 Å². The van der Waals surface area contributed by atoms with Crippen LogP contribution in [0.15, 0.2) is 0 Å². The minimum atomic E-state index is -1.07. The van der Waals surface area contributed by atoms with Gasteiger partial charge in [-0.1, -0.05) is 21.6 Å². The maximum atomic E-state index is 10.3. The topological polar surface area (TPSA) is 148 Å². The summed E-state index contributed by atoms with van der Waals surface area (Å²) < 4.78 is 5.01. The van der Waals surface area contributed by atoms with E-state index in [1.807, 2.05) is 0 Å². The van der Waals surface area contributed by atoms with Gasteiger partial charge in [0, 0.05) is 24.6 Å². The molecule has 0 spiro atoms. The van der Waals surface area contributed by atoms with Gasteiger partial charge in [-0.05, 0) is 0 Å². The number of nitrogens with one attached hydrogen (secondary N) is 1. The van der Waals surface area contributed by atoms with Gasteiger partial charge in [0.25, 0.3) is 0 Å². The number of hydrogen-bond donors (Lipinski definition) is 5. The van der Waals surface area contributed by atoms with Gasteiger partial charge in [0.05, 0.1) is 13.2 Å². The number of hydrogen-bond acceptors (Lipinski definition) is 8. The van der Waals surface area contributed by atoms with Crippen LogP contribution in [0, 0.1) is 0 Å². The Morgan fingerprint density at radius 2 is 1.45 bits per heavy atom. The van der Waals surface area contributed by atoms with Crippen molar-refractivity contribution >= 4 is 33.5 Å². The third-order valence-corrected chi connectivity index (χ3v) is 4.53. The fraction of sp³-hybridized carbons (Fsp3) is 0.800. The predicted octanol–water partition coefficient (Wildman–Crippen LogP) is -1.20. The Hall–Kier alpha value is -0.520. The summed E-state index contributed by atoms with van der Waals surface area (Å²) in [5.41, 5.74) is 10.4. The summed E-state index contributed by atoms with van der Waals surface area (Å²) in [5, 5.41) is 20.0. The molecule has 0 amide bonds. The third kappa shape index (κ3) is 11.3. The normalized spacial score (nSPS) is 17.5. The van der Waals surface area contributed by atoms with Gasteiger partial charge in [-0.25, -0.2) is 0 Å². The molecule has 0 aromatic rings. The number of carboxylic acids is 2. The minimum absolute atomic E-state index is 0.229. The molecule has 1 rings (SSSR count). The van der Waals surface area contributed by atoms with Crippen LogP contribution >= 0.6 is 21.6 Å². The number of aliphatic carboxylic acids is 2. The number of carbonyl (C=O) groups is 2. The summed E-state index contributed by atoms with van der Waals surface area (Å²) in [6.07, 6.45) is 0. The van der Waals surface area contributed by atoms with Crippen molar-refractivity contribution in [2.24, 2.45) is 11.5 Å². The van der Waals surface area contributed by atoms with Crippen LogP contribution in [0.25, 0.3) is 0 Å². The fourth-order valence-corrected chi connectivity index (χ4v) is 3.13. The molecule has 20 heavy (non-hydrogen) atoms. The third-order valence-electron chi connectivity index (χ3n) is 2.06. The first kappa shape index (κ1) is 19.5. The highest BCUT2D eigenvalue weighted by molar-refractivity contribution is 8.76. The lowest BCUT2D eigenvalue weighted by Gasteiger charge is -2.10. The summed E-state index contributed by atoms with van der Waals surface area (Å²) in [5.74, 6) is -1.68. The van der Waals surface area contributed by atoms with Crippen LogP contribution < -0.4 is 16.8 Å². The van der Waals surface area contributed by atoms with Gasteiger partial charge < -0.3 is 31.7 Å². The van der Waals surface area contributed by atoms with Crippen molar-refractivity contribution < 1.29 is 24.5 Å². The van der Waals surface area contributed by atoms with Crippen LogP contribution in [0.4, 0.5) is 0 Å². The van der Waals surface area contributed by atoms with E-state index in [2.05, 4.69) is 5.32 Å². The molecular formula is C10H21N3O5S2. The number of ether oxygens (including phenoxy) is 1. The van der Waals surface area contributed by atoms with Crippen LogP contribution in [0.3, 0.4) is 0 Å². The maximum Gasteiger partial charge on any atom is 0.321 e. The molecule has 0 radical (unpaired) electrons. The SMILES string of the molecule is C1COCCN1.N[C@@H](CSSC[C@H](N)C(=O)O)C(=O)O. The smallest absolute Gasteiger partial charge is 0.321 e. The molecule has 0 aliphatic carbocycles. The van der Waals surface area contributed by atoms with Gasteiger partial charge in [-0.2, -0.15) is 0 Å². The van der Waals surface area contributed by atoms with E-state index in [4.69, 9.17) is 26.4 Å². The second-order valence-corrected chi connectivity index (χ2v) is 6.37. The van der Waals surface area contributed by atoms with Gasteiger partial charge in [0.2, 0.25) is 0 Å².